The average molecular weight is 492 g/mol. The lowest BCUT2D eigenvalue weighted by atomic mass is 10.0. The molecule has 3 aromatic heterocycles. The van der Waals surface area contributed by atoms with Gasteiger partial charge in [0, 0.05) is 61.6 Å². The van der Waals surface area contributed by atoms with E-state index in [1.165, 1.54) is 5.69 Å². The number of ether oxygens (including phenoxy) is 1. The van der Waals surface area contributed by atoms with Gasteiger partial charge in [-0.05, 0) is 66.6 Å². The Labute approximate surface area is 215 Å². The number of carbonyl (C=O) groups excluding carboxylic acids is 1. The van der Waals surface area contributed by atoms with Crippen LogP contribution in [0.3, 0.4) is 0 Å². The third-order valence-electron chi connectivity index (χ3n) is 7.22. The van der Waals surface area contributed by atoms with Gasteiger partial charge in [0.15, 0.2) is 0 Å². The van der Waals surface area contributed by atoms with Crippen molar-refractivity contribution in [3.63, 3.8) is 0 Å². The number of fused-ring (bicyclic) bond motifs is 2. The van der Waals surface area contributed by atoms with E-state index in [0.717, 1.165) is 76.6 Å². The van der Waals surface area contributed by atoms with Crippen LogP contribution in [-0.4, -0.2) is 58.5 Å². The number of nitrogens with zero attached hydrogens (tertiary/aromatic N) is 5. The van der Waals surface area contributed by atoms with Crippen LogP contribution in [-0.2, 0) is 4.79 Å². The van der Waals surface area contributed by atoms with Crippen LogP contribution in [0.25, 0.3) is 38.9 Å². The minimum Gasteiger partial charge on any atom is -0.497 e. The number of imidazole rings is 1. The smallest absolute Gasteiger partial charge is 0.219 e. The predicted octanol–water partition coefficient (Wildman–Crippen LogP) is 5.20. The molecule has 37 heavy (non-hydrogen) atoms. The second-order valence-corrected chi connectivity index (χ2v) is 9.52. The van der Waals surface area contributed by atoms with Crippen molar-refractivity contribution < 1.29 is 9.53 Å². The molecule has 0 N–H and O–H groups in total. The van der Waals surface area contributed by atoms with Crippen molar-refractivity contribution in [3.8, 4) is 28.1 Å². The van der Waals surface area contributed by atoms with E-state index in [1.54, 1.807) is 14.0 Å². The molecule has 5 aromatic rings. The van der Waals surface area contributed by atoms with Crippen LogP contribution in [0.2, 0.25) is 0 Å². The van der Waals surface area contributed by atoms with Crippen molar-refractivity contribution in [2.75, 3.05) is 38.2 Å². The minimum atomic E-state index is 0.152. The Morgan fingerprint density at radius 2 is 1.70 bits per heavy atom. The molecule has 1 aliphatic rings. The molecular weight excluding hydrogens is 462 g/mol. The Kier molecular flexibility index (Phi) is 5.75. The van der Waals surface area contributed by atoms with Crippen LogP contribution in [0.15, 0.2) is 73.1 Å². The van der Waals surface area contributed by atoms with E-state index in [0.29, 0.717) is 0 Å². The Morgan fingerprint density at radius 3 is 2.43 bits per heavy atom. The number of aromatic nitrogens is 3. The van der Waals surface area contributed by atoms with Gasteiger partial charge in [0.25, 0.3) is 0 Å². The molecule has 0 atom stereocenters. The zero-order chi connectivity index (χ0) is 25.5. The van der Waals surface area contributed by atoms with Gasteiger partial charge >= 0.3 is 0 Å². The molecule has 6 rings (SSSR count). The fourth-order valence-corrected chi connectivity index (χ4v) is 5.18. The minimum absolute atomic E-state index is 0.152. The molecule has 0 aliphatic carbocycles. The van der Waals surface area contributed by atoms with Crippen LogP contribution in [0.1, 0.15) is 12.6 Å². The van der Waals surface area contributed by atoms with Gasteiger partial charge in [-0.25, -0.2) is 4.98 Å². The van der Waals surface area contributed by atoms with E-state index >= 15 is 0 Å². The van der Waals surface area contributed by atoms with Crippen LogP contribution >= 0.6 is 0 Å². The Bertz CT molecular complexity index is 1620. The first kappa shape index (κ1) is 23.0. The molecule has 1 fully saturated rings. The first-order chi connectivity index (χ1) is 18.0. The molecule has 0 unspecified atom stereocenters. The van der Waals surface area contributed by atoms with E-state index < -0.39 is 0 Å². The molecule has 7 nitrogen and oxygen atoms in total. The summed E-state index contributed by atoms with van der Waals surface area (Å²) in [5.41, 5.74) is 8.34. The number of aryl methyl sites for hydroxylation is 1. The summed E-state index contributed by atoms with van der Waals surface area (Å²) >= 11 is 0. The molecule has 1 aliphatic heterocycles. The fourth-order valence-electron chi connectivity index (χ4n) is 5.18. The van der Waals surface area contributed by atoms with Crippen molar-refractivity contribution in [3.05, 3.63) is 78.8 Å². The van der Waals surface area contributed by atoms with Gasteiger partial charge in [-0.15, -0.1) is 0 Å². The van der Waals surface area contributed by atoms with Crippen LogP contribution in [0, 0.1) is 6.92 Å². The number of rotatable bonds is 4. The summed E-state index contributed by atoms with van der Waals surface area (Å²) in [6.07, 6.45) is 4.01. The number of amides is 1. The van der Waals surface area contributed by atoms with Crippen LogP contribution in [0.5, 0.6) is 5.75 Å². The topological polar surface area (TPSA) is 63.0 Å². The molecule has 0 radical (unpaired) electrons. The number of pyridine rings is 2. The first-order valence-electron chi connectivity index (χ1n) is 12.5. The highest BCUT2D eigenvalue weighted by Crippen LogP contribution is 2.33. The molecular formula is C30H29N5O2. The lowest BCUT2D eigenvalue weighted by molar-refractivity contribution is -0.129. The van der Waals surface area contributed by atoms with Crippen molar-refractivity contribution >= 4 is 28.1 Å². The number of benzene rings is 2. The highest BCUT2D eigenvalue weighted by Gasteiger charge is 2.19. The molecule has 2 aromatic carbocycles. The molecule has 1 amide bonds. The third kappa shape index (κ3) is 4.27. The van der Waals surface area contributed by atoms with Gasteiger partial charge in [-0.3, -0.25) is 14.2 Å². The van der Waals surface area contributed by atoms with E-state index in [2.05, 4.69) is 58.0 Å². The van der Waals surface area contributed by atoms with Gasteiger partial charge < -0.3 is 14.5 Å². The van der Waals surface area contributed by atoms with E-state index in [-0.39, 0.29) is 5.91 Å². The quantitative estimate of drug-likeness (QED) is 0.346. The van der Waals surface area contributed by atoms with Crippen LogP contribution in [0.4, 0.5) is 5.69 Å². The summed E-state index contributed by atoms with van der Waals surface area (Å²) in [5.74, 6) is 0.958. The van der Waals surface area contributed by atoms with Crippen molar-refractivity contribution in [1.29, 1.82) is 0 Å². The predicted molar refractivity (Wildman–Crippen MR) is 147 cm³/mol. The Morgan fingerprint density at radius 1 is 0.919 bits per heavy atom. The average Bonchev–Trinajstić information content (AvgIpc) is 3.35. The van der Waals surface area contributed by atoms with Gasteiger partial charge in [0.1, 0.15) is 11.4 Å². The monoisotopic (exact) mass is 491 g/mol. The van der Waals surface area contributed by atoms with Crippen molar-refractivity contribution in [2.24, 2.45) is 0 Å². The van der Waals surface area contributed by atoms with E-state index in [4.69, 9.17) is 14.7 Å². The number of hydrogen-bond donors (Lipinski definition) is 0. The van der Waals surface area contributed by atoms with Crippen molar-refractivity contribution in [1.82, 2.24) is 19.3 Å². The Balaban J connectivity index is 1.30. The van der Waals surface area contributed by atoms with Gasteiger partial charge in [-0.2, -0.15) is 0 Å². The second-order valence-electron chi connectivity index (χ2n) is 9.52. The largest absolute Gasteiger partial charge is 0.497 e. The normalized spacial score (nSPS) is 13.9. The maximum Gasteiger partial charge on any atom is 0.219 e. The fraction of sp³-hybridized carbons (Fsp3) is 0.233. The molecule has 4 heterocycles. The lowest BCUT2D eigenvalue weighted by Gasteiger charge is -2.35. The van der Waals surface area contributed by atoms with E-state index in [9.17, 15) is 4.79 Å². The van der Waals surface area contributed by atoms with Crippen molar-refractivity contribution in [2.45, 2.75) is 13.8 Å². The summed E-state index contributed by atoms with van der Waals surface area (Å²) in [7, 11) is 1.68. The summed E-state index contributed by atoms with van der Waals surface area (Å²) in [6, 6.07) is 21.0. The maximum absolute atomic E-state index is 11.6. The molecule has 7 heteroatoms. The summed E-state index contributed by atoms with van der Waals surface area (Å²) < 4.78 is 7.59. The first-order valence-corrected chi connectivity index (χ1v) is 12.5. The molecule has 0 bridgehead atoms. The number of piperazine rings is 1. The third-order valence-corrected chi connectivity index (χ3v) is 7.22. The van der Waals surface area contributed by atoms with Crippen LogP contribution < -0.4 is 9.64 Å². The molecule has 0 spiro atoms. The number of anilines is 1. The zero-order valence-electron chi connectivity index (χ0n) is 21.3. The highest BCUT2D eigenvalue weighted by atomic mass is 16.5. The molecule has 1 saturated heterocycles. The van der Waals surface area contributed by atoms with Gasteiger partial charge in [0.05, 0.1) is 24.5 Å². The number of hydrogen-bond acceptors (Lipinski definition) is 5. The summed E-state index contributed by atoms with van der Waals surface area (Å²) in [5, 5.41) is 1.04. The maximum atomic E-state index is 11.6. The van der Waals surface area contributed by atoms with E-state index in [1.807, 2.05) is 36.2 Å². The van der Waals surface area contributed by atoms with Gasteiger partial charge in [0.2, 0.25) is 5.91 Å². The second kappa shape index (κ2) is 9.24. The highest BCUT2D eigenvalue weighted by molar-refractivity contribution is 5.95. The standard InChI is InChI=1S/C30H29N5O2/c1-20-16-27(26-18-25(37-3)8-9-28(26)32-20)29-19-31-30-17-23(10-11-35(29)30)22-4-6-24(7-5-22)34-14-12-33(13-15-34)21(2)36/h4-11,16-19H,12-15H2,1-3H3. The Hall–Kier alpha value is -4.39. The molecule has 186 valence electrons. The summed E-state index contributed by atoms with van der Waals surface area (Å²) in [6.45, 7) is 6.92. The zero-order valence-corrected chi connectivity index (χ0v) is 21.3. The number of carbonyl (C=O) groups is 1. The number of methoxy groups -OCH3 is 1. The van der Waals surface area contributed by atoms with Gasteiger partial charge in [-0.1, -0.05) is 12.1 Å². The lowest BCUT2D eigenvalue weighted by Crippen LogP contribution is -2.48. The SMILES string of the molecule is COc1ccc2nc(C)cc(-c3cnc4cc(-c5ccc(N6CCN(C(C)=O)CC6)cc5)ccn34)c2c1. The summed E-state index contributed by atoms with van der Waals surface area (Å²) in [4.78, 5) is 25.3. The molecule has 0 saturated carbocycles.